The largest absolute Gasteiger partial charge is 0.496 e. The fraction of sp³-hybridized carbons (Fsp3) is 0.500. The molecule has 6 heterocycles. The van der Waals surface area contributed by atoms with E-state index in [0.29, 0.717) is 48.7 Å². The van der Waals surface area contributed by atoms with Gasteiger partial charge >= 0.3 is 6.03 Å². The lowest BCUT2D eigenvalue weighted by atomic mass is 9.78. The summed E-state index contributed by atoms with van der Waals surface area (Å²) in [4.78, 5) is 87.2. The first-order chi connectivity index (χ1) is 28.8. The van der Waals surface area contributed by atoms with Gasteiger partial charge in [-0.05, 0) is 106 Å². The first-order valence-electron chi connectivity index (χ1n) is 20.8. The van der Waals surface area contributed by atoms with Gasteiger partial charge in [-0.25, -0.2) is 4.79 Å². The maximum absolute atomic E-state index is 13.5. The van der Waals surface area contributed by atoms with Gasteiger partial charge in [0.05, 0.1) is 37.5 Å². The number of imide groups is 2. The summed E-state index contributed by atoms with van der Waals surface area (Å²) in [6, 6.07) is 8.15. The van der Waals surface area contributed by atoms with Gasteiger partial charge in [0, 0.05) is 75.7 Å². The molecule has 5 aliphatic rings. The van der Waals surface area contributed by atoms with Crippen LogP contribution < -0.4 is 30.6 Å². The molecule has 318 valence electrons. The number of aromatic nitrogens is 1. The summed E-state index contributed by atoms with van der Waals surface area (Å²) in [6.07, 6.45) is 5.65. The first-order valence-corrected chi connectivity index (χ1v) is 20.8. The molecule has 2 N–H and O–H groups in total. The molecule has 1 unspecified atom stereocenters. The quantitative estimate of drug-likeness (QED) is 0.289. The third kappa shape index (κ3) is 7.62. The number of urea groups is 1. The Morgan fingerprint density at radius 1 is 0.883 bits per heavy atom. The van der Waals surface area contributed by atoms with Crippen molar-refractivity contribution < 1.29 is 33.4 Å². The number of aryl methyl sites for hydroxylation is 1. The van der Waals surface area contributed by atoms with Gasteiger partial charge in [-0.1, -0.05) is 0 Å². The molecule has 0 aliphatic carbocycles. The van der Waals surface area contributed by atoms with Gasteiger partial charge in [-0.15, -0.1) is 0 Å². The molecular weight excluding hydrogens is 769 g/mol. The smallest absolute Gasteiger partial charge is 0.317 e. The molecule has 1 spiro atoms. The number of rotatable bonds is 10. The number of pyridine rings is 1. The molecule has 3 aromatic rings. The van der Waals surface area contributed by atoms with E-state index in [4.69, 9.17) is 9.47 Å². The average molecular weight is 823 g/mol. The van der Waals surface area contributed by atoms with Crippen LogP contribution in [0.5, 0.6) is 11.5 Å². The Hall–Kier alpha value is -5.74. The van der Waals surface area contributed by atoms with Gasteiger partial charge in [0.1, 0.15) is 17.5 Å². The highest BCUT2D eigenvalue weighted by Crippen LogP contribution is 2.43. The SMILES string of the molecule is COc1cc(-c2cn(C)c(=O)c3c2CCN(C(=O)NCCN2CCC4(CC2)CCN(c2ccc5c(c2)C(=O)N(C2CCC(=O)NC2=O)C5=O)C4)C3)cc(OC)c1CN(C)C. The van der Waals surface area contributed by atoms with E-state index in [1.807, 2.05) is 38.5 Å². The predicted molar refractivity (Wildman–Crippen MR) is 223 cm³/mol. The lowest BCUT2D eigenvalue weighted by molar-refractivity contribution is -0.136. The summed E-state index contributed by atoms with van der Waals surface area (Å²) < 4.78 is 13.2. The number of carbonyl (C=O) groups excluding carboxylic acids is 5. The van der Waals surface area contributed by atoms with Crippen LogP contribution in [-0.2, 0) is 36.1 Å². The minimum Gasteiger partial charge on any atom is -0.496 e. The fourth-order valence-electron chi connectivity index (χ4n) is 9.74. The van der Waals surface area contributed by atoms with Crippen LogP contribution in [0.2, 0.25) is 0 Å². The molecule has 0 radical (unpaired) electrons. The van der Waals surface area contributed by atoms with E-state index in [1.54, 1.807) is 42.9 Å². The van der Waals surface area contributed by atoms with Crippen molar-refractivity contribution in [1.82, 2.24) is 34.8 Å². The number of piperidine rings is 2. The number of amides is 6. The van der Waals surface area contributed by atoms with E-state index in [1.165, 1.54) is 0 Å². The maximum atomic E-state index is 13.5. The number of methoxy groups -OCH3 is 2. The van der Waals surface area contributed by atoms with Crippen molar-refractivity contribution in [1.29, 1.82) is 0 Å². The molecule has 1 aromatic heterocycles. The van der Waals surface area contributed by atoms with Crippen LogP contribution in [0.25, 0.3) is 11.1 Å². The monoisotopic (exact) mass is 822 g/mol. The molecule has 0 bridgehead atoms. The molecule has 3 fully saturated rings. The first kappa shape index (κ1) is 41.0. The fourth-order valence-corrected chi connectivity index (χ4v) is 9.74. The van der Waals surface area contributed by atoms with E-state index in [-0.39, 0.29) is 42.0 Å². The average Bonchev–Trinajstić information content (AvgIpc) is 3.76. The lowest BCUT2D eigenvalue weighted by Crippen LogP contribution is -2.54. The van der Waals surface area contributed by atoms with E-state index in [2.05, 4.69) is 25.3 Å². The maximum Gasteiger partial charge on any atom is 0.317 e. The Bertz CT molecular complexity index is 2290. The summed E-state index contributed by atoms with van der Waals surface area (Å²) in [5.74, 6) is -0.591. The number of nitrogens with one attached hydrogen (secondary N) is 2. The summed E-state index contributed by atoms with van der Waals surface area (Å²) in [7, 11) is 9.01. The van der Waals surface area contributed by atoms with Crippen LogP contribution in [-0.4, -0.2) is 134 Å². The molecule has 1 atom stereocenters. The molecule has 0 saturated carbocycles. The second kappa shape index (κ2) is 16.4. The zero-order chi connectivity index (χ0) is 42.5. The number of benzene rings is 2. The Balaban J connectivity index is 0.844. The summed E-state index contributed by atoms with van der Waals surface area (Å²) in [5, 5.41) is 5.35. The van der Waals surface area contributed by atoms with Crippen molar-refractivity contribution in [3.63, 3.8) is 0 Å². The van der Waals surface area contributed by atoms with E-state index < -0.39 is 29.7 Å². The number of anilines is 1. The van der Waals surface area contributed by atoms with Crippen molar-refractivity contribution in [2.45, 2.75) is 57.7 Å². The molecule has 2 aromatic carbocycles. The normalized spacial score (nSPS) is 20.2. The van der Waals surface area contributed by atoms with Gasteiger partial charge in [0.2, 0.25) is 11.8 Å². The van der Waals surface area contributed by atoms with E-state index >= 15 is 0 Å². The molecule has 16 heteroatoms. The topological polar surface area (TPSA) is 166 Å². The molecule has 16 nitrogen and oxygen atoms in total. The van der Waals surface area contributed by atoms with Crippen molar-refractivity contribution in [2.24, 2.45) is 12.5 Å². The number of carbonyl (C=O) groups is 5. The van der Waals surface area contributed by atoms with Crippen LogP contribution in [0.3, 0.4) is 0 Å². The standard InChI is InChI=1S/C44H54N8O8/c1-47(2)23-34-36(59-4)20-27(21-37(34)60-5)32-24-48(3)40(55)33-25-50(15-10-29(32)33)43(58)45-14-19-49-16-11-44(12-17-49)13-18-51(26-44)28-6-7-30-31(22-28)42(57)52(41(30)56)35-8-9-38(53)46-39(35)54/h6-7,20-22,24,35H,8-19,23,25-26H2,1-5H3,(H,45,58)(H,46,53,54). The second-order valence-corrected chi connectivity index (χ2v) is 17.1. The Morgan fingerprint density at radius 3 is 2.27 bits per heavy atom. The number of nitrogens with zero attached hydrogens (tertiary/aromatic N) is 6. The number of fused-ring (bicyclic) bond motifs is 2. The Morgan fingerprint density at radius 2 is 1.58 bits per heavy atom. The van der Waals surface area contributed by atoms with Gasteiger partial charge in [0.25, 0.3) is 17.4 Å². The molecule has 5 aliphatic heterocycles. The molecular formula is C44H54N8O8. The third-order valence-electron chi connectivity index (χ3n) is 13.1. The molecule has 3 saturated heterocycles. The van der Waals surface area contributed by atoms with Crippen molar-refractivity contribution in [3.05, 3.63) is 74.7 Å². The van der Waals surface area contributed by atoms with Gasteiger partial charge in [-0.2, -0.15) is 0 Å². The number of likely N-dealkylation sites (tertiary alicyclic amines) is 1. The number of hydrogen-bond donors (Lipinski definition) is 2. The Labute approximate surface area is 349 Å². The number of hydrogen-bond acceptors (Lipinski definition) is 11. The van der Waals surface area contributed by atoms with Crippen molar-refractivity contribution in [3.8, 4) is 22.6 Å². The van der Waals surface area contributed by atoms with Crippen LogP contribution >= 0.6 is 0 Å². The zero-order valence-corrected chi connectivity index (χ0v) is 35.1. The van der Waals surface area contributed by atoms with Gasteiger partial charge < -0.3 is 39.0 Å². The minimum absolute atomic E-state index is 0.0812. The van der Waals surface area contributed by atoms with Crippen LogP contribution in [0.15, 0.2) is 41.3 Å². The van der Waals surface area contributed by atoms with Crippen molar-refractivity contribution >= 4 is 35.3 Å². The third-order valence-corrected chi connectivity index (χ3v) is 13.1. The number of ether oxygens (including phenoxy) is 2. The van der Waals surface area contributed by atoms with Crippen LogP contribution in [0.4, 0.5) is 10.5 Å². The predicted octanol–water partition coefficient (Wildman–Crippen LogP) is 2.59. The second-order valence-electron chi connectivity index (χ2n) is 17.1. The Kier molecular flexibility index (Phi) is 11.2. The van der Waals surface area contributed by atoms with Crippen LogP contribution in [0.1, 0.15) is 69.5 Å². The lowest BCUT2D eigenvalue weighted by Gasteiger charge is -2.39. The van der Waals surface area contributed by atoms with E-state index in [0.717, 1.165) is 84.8 Å². The van der Waals surface area contributed by atoms with Crippen molar-refractivity contribution in [2.75, 3.05) is 79.0 Å². The van der Waals surface area contributed by atoms with E-state index in [9.17, 15) is 28.8 Å². The molecule has 8 rings (SSSR count). The molecule has 60 heavy (non-hydrogen) atoms. The van der Waals surface area contributed by atoms with Crippen LogP contribution in [0, 0.1) is 5.41 Å². The summed E-state index contributed by atoms with van der Waals surface area (Å²) in [5.41, 5.74) is 5.80. The van der Waals surface area contributed by atoms with Gasteiger partial charge in [-0.3, -0.25) is 34.2 Å². The summed E-state index contributed by atoms with van der Waals surface area (Å²) in [6.45, 7) is 6.07. The molecule has 6 amide bonds. The van der Waals surface area contributed by atoms with Gasteiger partial charge in [0.15, 0.2) is 0 Å². The zero-order valence-electron chi connectivity index (χ0n) is 35.1. The highest BCUT2D eigenvalue weighted by Gasteiger charge is 2.46. The summed E-state index contributed by atoms with van der Waals surface area (Å²) >= 11 is 0. The highest BCUT2D eigenvalue weighted by atomic mass is 16.5. The highest BCUT2D eigenvalue weighted by molar-refractivity contribution is 6.23. The minimum atomic E-state index is -0.988.